The molecule has 0 aromatic heterocycles. The van der Waals surface area contributed by atoms with E-state index in [-0.39, 0.29) is 29.4 Å². The smallest absolute Gasteiger partial charge is 0.243 e. The van der Waals surface area contributed by atoms with Crippen molar-refractivity contribution >= 4 is 26.0 Å². The van der Waals surface area contributed by atoms with E-state index in [1.807, 2.05) is 38.1 Å². The van der Waals surface area contributed by atoms with Crippen molar-refractivity contribution in [3.63, 3.8) is 0 Å². The van der Waals surface area contributed by atoms with Crippen molar-refractivity contribution in [3.8, 4) is 0 Å². The number of hydrogen-bond acceptors (Lipinski definition) is 5. The van der Waals surface area contributed by atoms with Crippen molar-refractivity contribution in [1.82, 2.24) is 13.9 Å². The number of nitrogens with zero attached hydrogens (tertiary/aromatic N) is 2. The maximum atomic E-state index is 13.4. The minimum atomic E-state index is -3.94. The van der Waals surface area contributed by atoms with Crippen molar-refractivity contribution in [1.29, 1.82) is 0 Å². The third kappa shape index (κ3) is 6.79. The lowest BCUT2D eigenvalue weighted by Crippen LogP contribution is -2.40. The molecule has 0 aliphatic carbocycles. The van der Waals surface area contributed by atoms with E-state index in [1.54, 1.807) is 24.3 Å². The number of carbonyl (C=O) groups is 1. The van der Waals surface area contributed by atoms with Gasteiger partial charge in [0.25, 0.3) is 0 Å². The van der Waals surface area contributed by atoms with E-state index in [2.05, 4.69) is 5.32 Å². The standard InChI is InChI=1S/C26H31N3O5S2/c1-20-8-12-25(13-9-20)36(33,34)29(18-23-7-5-6-21(2)16-23)19-26(30)27-17-22-10-14-24(15-11-22)35(31,32)28(3)4/h5-16H,17-19H2,1-4H3,(H,27,30). The van der Waals surface area contributed by atoms with Gasteiger partial charge in [-0.15, -0.1) is 0 Å². The third-order valence-electron chi connectivity index (χ3n) is 5.61. The first kappa shape index (κ1) is 27.5. The Bertz CT molecular complexity index is 1420. The summed E-state index contributed by atoms with van der Waals surface area (Å²) in [6, 6.07) is 20.2. The van der Waals surface area contributed by atoms with E-state index in [1.165, 1.54) is 38.4 Å². The van der Waals surface area contributed by atoms with Gasteiger partial charge in [-0.25, -0.2) is 21.1 Å². The maximum Gasteiger partial charge on any atom is 0.243 e. The monoisotopic (exact) mass is 529 g/mol. The Morgan fingerprint density at radius 1 is 0.750 bits per heavy atom. The van der Waals surface area contributed by atoms with Crippen molar-refractivity contribution in [3.05, 3.63) is 95.1 Å². The molecule has 8 nitrogen and oxygen atoms in total. The fourth-order valence-corrected chi connectivity index (χ4v) is 5.79. The highest BCUT2D eigenvalue weighted by Crippen LogP contribution is 2.20. The second kappa shape index (κ2) is 11.3. The lowest BCUT2D eigenvalue weighted by Gasteiger charge is -2.22. The van der Waals surface area contributed by atoms with E-state index >= 15 is 0 Å². The molecule has 0 saturated carbocycles. The van der Waals surface area contributed by atoms with Gasteiger partial charge in [-0.05, 0) is 49.2 Å². The van der Waals surface area contributed by atoms with Crippen molar-refractivity contribution in [2.75, 3.05) is 20.6 Å². The van der Waals surface area contributed by atoms with Crippen LogP contribution in [0.3, 0.4) is 0 Å². The molecule has 192 valence electrons. The van der Waals surface area contributed by atoms with E-state index in [4.69, 9.17) is 0 Å². The molecule has 0 saturated heterocycles. The van der Waals surface area contributed by atoms with Crippen LogP contribution in [0.4, 0.5) is 0 Å². The number of aryl methyl sites for hydroxylation is 2. The van der Waals surface area contributed by atoms with Gasteiger partial charge in [0.05, 0.1) is 16.3 Å². The molecule has 0 atom stereocenters. The van der Waals surface area contributed by atoms with Crippen LogP contribution in [0.1, 0.15) is 22.3 Å². The second-order valence-corrected chi connectivity index (χ2v) is 12.9. The summed E-state index contributed by atoms with van der Waals surface area (Å²) in [6.45, 7) is 3.60. The van der Waals surface area contributed by atoms with E-state index in [0.29, 0.717) is 5.56 Å². The van der Waals surface area contributed by atoms with Gasteiger partial charge >= 0.3 is 0 Å². The number of nitrogens with one attached hydrogen (secondary N) is 1. The molecule has 0 radical (unpaired) electrons. The molecule has 0 aliphatic rings. The quantitative estimate of drug-likeness (QED) is 0.435. The predicted molar refractivity (Wildman–Crippen MR) is 139 cm³/mol. The summed E-state index contributed by atoms with van der Waals surface area (Å²) in [7, 11) is -4.57. The number of carbonyl (C=O) groups excluding carboxylic acids is 1. The lowest BCUT2D eigenvalue weighted by atomic mass is 10.1. The van der Waals surface area contributed by atoms with Crippen LogP contribution in [-0.2, 0) is 37.9 Å². The zero-order chi connectivity index (χ0) is 26.5. The lowest BCUT2D eigenvalue weighted by molar-refractivity contribution is -0.121. The number of hydrogen-bond donors (Lipinski definition) is 1. The minimum absolute atomic E-state index is 0.0440. The second-order valence-electron chi connectivity index (χ2n) is 8.78. The highest BCUT2D eigenvalue weighted by Gasteiger charge is 2.27. The first-order valence-corrected chi connectivity index (χ1v) is 14.2. The highest BCUT2D eigenvalue weighted by atomic mass is 32.2. The molecule has 0 fully saturated rings. The molecule has 0 heterocycles. The fraction of sp³-hybridized carbons (Fsp3) is 0.269. The Kier molecular flexibility index (Phi) is 8.67. The molecular weight excluding hydrogens is 498 g/mol. The molecule has 3 aromatic carbocycles. The number of sulfonamides is 2. The molecule has 1 N–H and O–H groups in total. The topological polar surface area (TPSA) is 104 Å². The number of rotatable bonds is 10. The van der Waals surface area contributed by atoms with E-state index in [9.17, 15) is 21.6 Å². The van der Waals surface area contributed by atoms with Gasteiger partial charge in [0.15, 0.2) is 0 Å². The molecule has 0 spiro atoms. The van der Waals surface area contributed by atoms with Gasteiger partial charge in [-0.2, -0.15) is 4.31 Å². The molecule has 36 heavy (non-hydrogen) atoms. The molecule has 0 unspecified atom stereocenters. The van der Waals surface area contributed by atoms with Crippen LogP contribution in [0, 0.1) is 13.8 Å². The maximum absolute atomic E-state index is 13.4. The average Bonchev–Trinajstić information content (AvgIpc) is 2.83. The molecule has 3 rings (SSSR count). The molecule has 10 heteroatoms. The minimum Gasteiger partial charge on any atom is -0.351 e. The molecule has 1 amide bonds. The van der Waals surface area contributed by atoms with Crippen molar-refractivity contribution in [2.24, 2.45) is 0 Å². The van der Waals surface area contributed by atoms with Gasteiger partial charge in [-0.3, -0.25) is 4.79 Å². The normalized spacial score (nSPS) is 12.2. The van der Waals surface area contributed by atoms with E-state index in [0.717, 1.165) is 25.3 Å². The van der Waals surface area contributed by atoms with Crippen LogP contribution in [0.15, 0.2) is 82.6 Å². The van der Waals surface area contributed by atoms with Crippen LogP contribution in [0.25, 0.3) is 0 Å². The Labute approximate surface area is 213 Å². The van der Waals surface area contributed by atoms with Crippen LogP contribution in [-0.4, -0.2) is 52.0 Å². The van der Waals surface area contributed by atoms with Gasteiger partial charge in [0, 0.05) is 27.2 Å². The Balaban J connectivity index is 1.76. The van der Waals surface area contributed by atoms with Crippen LogP contribution in [0.5, 0.6) is 0 Å². The van der Waals surface area contributed by atoms with Crippen LogP contribution >= 0.6 is 0 Å². The summed E-state index contributed by atoms with van der Waals surface area (Å²) in [6.07, 6.45) is 0. The summed E-state index contributed by atoms with van der Waals surface area (Å²) in [5.74, 6) is -0.469. The number of amides is 1. The summed E-state index contributed by atoms with van der Waals surface area (Å²) in [4.78, 5) is 13.1. The van der Waals surface area contributed by atoms with Gasteiger partial charge in [0.2, 0.25) is 26.0 Å². The summed E-state index contributed by atoms with van der Waals surface area (Å²) in [5, 5.41) is 2.74. The number of benzene rings is 3. The average molecular weight is 530 g/mol. The molecular formula is C26H31N3O5S2. The Hall–Kier alpha value is -3.05. The summed E-state index contributed by atoms with van der Waals surface area (Å²) in [5.41, 5.74) is 3.38. The largest absolute Gasteiger partial charge is 0.351 e. The SMILES string of the molecule is Cc1ccc(S(=O)(=O)N(CC(=O)NCc2ccc(S(=O)(=O)N(C)C)cc2)Cc2cccc(C)c2)cc1. The van der Waals surface area contributed by atoms with Crippen LogP contribution < -0.4 is 5.32 Å². The van der Waals surface area contributed by atoms with Gasteiger partial charge < -0.3 is 5.32 Å². The van der Waals surface area contributed by atoms with E-state index < -0.39 is 26.0 Å². The molecule has 0 bridgehead atoms. The molecule has 0 aliphatic heterocycles. The van der Waals surface area contributed by atoms with Crippen LogP contribution in [0.2, 0.25) is 0 Å². The zero-order valence-electron chi connectivity index (χ0n) is 20.8. The van der Waals surface area contributed by atoms with Crippen molar-refractivity contribution < 1.29 is 21.6 Å². The van der Waals surface area contributed by atoms with Gasteiger partial charge in [0.1, 0.15) is 0 Å². The Morgan fingerprint density at radius 3 is 1.92 bits per heavy atom. The summed E-state index contributed by atoms with van der Waals surface area (Å²) >= 11 is 0. The molecule has 3 aromatic rings. The Morgan fingerprint density at radius 2 is 1.33 bits per heavy atom. The predicted octanol–water partition coefficient (Wildman–Crippen LogP) is 3.06. The highest BCUT2D eigenvalue weighted by molar-refractivity contribution is 7.89. The zero-order valence-corrected chi connectivity index (χ0v) is 22.4. The summed E-state index contributed by atoms with van der Waals surface area (Å²) < 4.78 is 53.6. The van der Waals surface area contributed by atoms with Gasteiger partial charge in [-0.1, -0.05) is 59.7 Å². The first-order chi connectivity index (χ1) is 16.9. The van der Waals surface area contributed by atoms with Crippen molar-refractivity contribution in [2.45, 2.75) is 36.7 Å². The third-order valence-corrected chi connectivity index (χ3v) is 9.25. The fourth-order valence-electron chi connectivity index (χ4n) is 3.51. The first-order valence-electron chi connectivity index (χ1n) is 11.3.